The topological polar surface area (TPSA) is 99.1 Å². The van der Waals surface area contributed by atoms with E-state index in [-0.39, 0.29) is 11.6 Å². The zero-order valence-corrected chi connectivity index (χ0v) is 20.0. The van der Waals surface area contributed by atoms with Crippen molar-refractivity contribution in [2.24, 2.45) is 0 Å². The Balaban J connectivity index is 1.78. The summed E-state index contributed by atoms with van der Waals surface area (Å²) in [7, 11) is 0. The quantitative estimate of drug-likeness (QED) is 0.222. The Hall–Kier alpha value is -5.03. The van der Waals surface area contributed by atoms with Crippen LogP contribution >= 0.6 is 0 Å². The maximum absolute atomic E-state index is 13.8. The highest BCUT2D eigenvalue weighted by Crippen LogP contribution is 2.40. The molecular formula is C32H25N3O2. The number of ketones is 2. The number of nitrogens with zero attached hydrogens (tertiary/aromatic N) is 1. The smallest absolute Gasteiger partial charge is 0.195 e. The fourth-order valence-electron chi connectivity index (χ4n) is 4.73. The van der Waals surface area contributed by atoms with Gasteiger partial charge in [-0.1, -0.05) is 84.9 Å². The van der Waals surface area contributed by atoms with Crippen molar-refractivity contribution in [3.63, 3.8) is 0 Å². The number of hydrogen-bond donors (Lipinski definition) is 2. The summed E-state index contributed by atoms with van der Waals surface area (Å²) >= 11 is 0. The molecule has 4 aromatic carbocycles. The fourth-order valence-corrected chi connectivity index (χ4v) is 4.73. The molecule has 4 N–H and O–H groups in total. The lowest BCUT2D eigenvalue weighted by molar-refractivity contribution is 0.103. The summed E-state index contributed by atoms with van der Waals surface area (Å²) in [6.45, 7) is 0. The molecule has 0 aliphatic heterocycles. The molecule has 1 aromatic heterocycles. The average Bonchev–Trinajstić information content (AvgIpc) is 2.94. The molecular weight excluding hydrogens is 458 g/mol. The van der Waals surface area contributed by atoms with Gasteiger partial charge in [0, 0.05) is 51.9 Å². The van der Waals surface area contributed by atoms with Crippen molar-refractivity contribution in [3.8, 4) is 0 Å². The van der Waals surface area contributed by atoms with Gasteiger partial charge in [-0.2, -0.15) is 0 Å². The van der Waals surface area contributed by atoms with Crippen LogP contribution < -0.4 is 11.5 Å². The van der Waals surface area contributed by atoms with Gasteiger partial charge in [-0.05, 0) is 41.0 Å². The van der Waals surface area contributed by atoms with E-state index in [4.69, 9.17) is 11.5 Å². The molecule has 0 saturated carbocycles. The van der Waals surface area contributed by atoms with Crippen molar-refractivity contribution in [2.45, 2.75) is 5.92 Å². The fraction of sp³-hybridized carbons (Fsp3) is 0.0312. The summed E-state index contributed by atoms with van der Waals surface area (Å²) in [6, 6.07) is 32.7. The van der Waals surface area contributed by atoms with Gasteiger partial charge in [0.15, 0.2) is 11.6 Å². The first kappa shape index (κ1) is 23.7. The Kier molecular flexibility index (Phi) is 6.60. The lowest BCUT2D eigenvalue weighted by atomic mass is 9.78. The van der Waals surface area contributed by atoms with Crippen molar-refractivity contribution in [1.82, 2.24) is 4.98 Å². The van der Waals surface area contributed by atoms with Gasteiger partial charge in [-0.3, -0.25) is 14.6 Å². The Labute approximate surface area is 215 Å². The van der Waals surface area contributed by atoms with Crippen LogP contribution in [0.1, 0.15) is 54.5 Å². The minimum absolute atomic E-state index is 0.187. The molecule has 1 heterocycles. The largest absolute Gasteiger partial charge is 0.398 e. The summed E-state index contributed by atoms with van der Waals surface area (Å²) in [6.07, 6.45) is 3.39. The summed E-state index contributed by atoms with van der Waals surface area (Å²) in [5.74, 6) is -0.875. The van der Waals surface area contributed by atoms with Crippen molar-refractivity contribution in [2.75, 3.05) is 11.5 Å². The average molecular weight is 484 g/mol. The second kappa shape index (κ2) is 10.3. The zero-order valence-electron chi connectivity index (χ0n) is 20.0. The molecule has 0 unspecified atom stereocenters. The van der Waals surface area contributed by atoms with Gasteiger partial charge in [0.2, 0.25) is 0 Å². The second-order valence-corrected chi connectivity index (χ2v) is 8.73. The predicted octanol–water partition coefficient (Wildman–Crippen LogP) is 5.89. The minimum Gasteiger partial charge on any atom is -0.398 e. The van der Waals surface area contributed by atoms with E-state index >= 15 is 0 Å². The van der Waals surface area contributed by atoms with Gasteiger partial charge < -0.3 is 11.5 Å². The van der Waals surface area contributed by atoms with Crippen LogP contribution in [0.3, 0.4) is 0 Å². The summed E-state index contributed by atoms with van der Waals surface area (Å²) < 4.78 is 0. The number of benzene rings is 4. The molecule has 0 spiro atoms. The summed E-state index contributed by atoms with van der Waals surface area (Å²) in [4.78, 5) is 31.7. The van der Waals surface area contributed by atoms with E-state index in [1.165, 1.54) is 0 Å². The standard InChI is InChI=1S/C32H25N3O2/c33-26-15-7-13-24(29(26)31(36)22-9-3-1-4-10-22)28(21-17-19-35-20-18-21)25-14-8-16-27(34)30(25)32(37)23-11-5-2-6-12-23/h1-20,28H,33-34H2. The highest BCUT2D eigenvalue weighted by molar-refractivity contribution is 6.15. The number of nitrogens with two attached hydrogens (primary N) is 2. The van der Waals surface area contributed by atoms with E-state index in [2.05, 4.69) is 4.98 Å². The van der Waals surface area contributed by atoms with Gasteiger partial charge in [0.1, 0.15) is 0 Å². The normalized spacial score (nSPS) is 10.8. The molecule has 0 atom stereocenters. The molecule has 0 amide bonds. The zero-order chi connectivity index (χ0) is 25.8. The first-order valence-electron chi connectivity index (χ1n) is 11.9. The monoisotopic (exact) mass is 483 g/mol. The Morgan fingerprint density at radius 3 is 1.41 bits per heavy atom. The van der Waals surface area contributed by atoms with Crippen molar-refractivity contribution in [3.05, 3.63) is 161 Å². The van der Waals surface area contributed by atoms with Crippen LogP contribution in [0.2, 0.25) is 0 Å². The van der Waals surface area contributed by atoms with E-state index < -0.39 is 5.92 Å². The van der Waals surface area contributed by atoms with Crippen LogP contribution in [0.4, 0.5) is 11.4 Å². The number of carbonyl (C=O) groups is 2. The predicted molar refractivity (Wildman–Crippen MR) is 147 cm³/mol. The van der Waals surface area contributed by atoms with Crippen molar-refractivity contribution in [1.29, 1.82) is 0 Å². The van der Waals surface area contributed by atoms with Gasteiger partial charge >= 0.3 is 0 Å². The van der Waals surface area contributed by atoms with Crippen molar-refractivity contribution < 1.29 is 9.59 Å². The third-order valence-corrected chi connectivity index (χ3v) is 6.45. The van der Waals surface area contributed by atoms with Crippen LogP contribution in [0.25, 0.3) is 0 Å². The van der Waals surface area contributed by atoms with Crippen LogP contribution in [0.15, 0.2) is 122 Å². The molecule has 0 aliphatic rings. The molecule has 0 radical (unpaired) electrons. The number of aromatic nitrogens is 1. The molecule has 0 aliphatic carbocycles. The van der Waals surface area contributed by atoms with Crippen LogP contribution in [-0.2, 0) is 0 Å². The van der Waals surface area contributed by atoms with Gasteiger partial charge in [-0.15, -0.1) is 0 Å². The molecule has 5 rings (SSSR count). The SMILES string of the molecule is Nc1cccc(C(c2ccncc2)c2cccc(N)c2C(=O)c2ccccc2)c1C(=O)c1ccccc1. The van der Waals surface area contributed by atoms with E-state index in [1.807, 2.05) is 72.8 Å². The maximum Gasteiger partial charge on any atom is 0.195 e. The summed E-state index contributed by atoms with van der Waals surface area (Å²) in [5, 5.41) is 0. The van der Waals surface area contributed by atoms with Crippen LogP contribution in [0.5, 0.6) is 0 Å². The molecule has 5 aromatic rings. The Morgan fingerprint density at radius 1 is 0.541 bits per heavy atom. The van der Waals surface area contributed by atoms with E-state index in [9.17, 15) is 9.59 Å². The number of carbonyl (C=O) groups excluding carboxylic acids is 2. The third-order valence-electron chi connectivity index (χ3n) is 6.45. The van der Waals surface area contributed by atoms with E-state index in [1.54, 1.807) is 48.8 Å². The van der Waals surface area contributed by atoms with Crippen LogP contribution in [0, 0.1) is 0 Å². The number of nitrogen functional groups attached to an aromatic ring is 2. The molecule has 0 bridgehead atoms. The van der Waals surface area contributed by atoms with Crippen LogP contribution in [-0.4, -0.2) is 16.6 Å². The number of hydrogen-bond acceptors (Lipinski definition) is 5. The molecule has 0 saturated heterocycles. The maximum atomic E-state index is 13.8. The number of anilines is 2. The first-order chi connectivity index (χ1) is 18.1. The van der Waals surface area contributed by atoms with E-state index in [0.29, 0.717) is 44.8 Å². The second-order valence-electron chi connectivity index (χ2n) is 8.73. The highest BCUT2D eigenvalue weighted by Gasteiger charge is 2.29. The molecule has 37 heavy (non-hydrogen) atoms. The molecule has 5 heteroatoms. The number of pyridine rings is 1. The number of rotatable bonds is 7. The first-order valence-corrected chi connectivity index (χ1v) is 11.9. The molecule has 180 valence electrons. The third kappa shape index (κ3) is 4.62. The highest BCUT2D eigenvalue weighted by atomic mass is 16.1. The van der Waals surface area contributed by atoms with Gasteiger partial charge in [0.05, 0.1) is 0 Å². The summed E-state index contributed by atoms with van der Waals surface area (Å²) in [5.41, 5.74) is 17.7. The van der Waals surface area contributed by atoms with Gasteiger partial charge in [-0.25, -0.2) is 0 Å². The molecule has 0 fully saturated rings. The lowest BCUT2D eigenvalue weighted by Crippen LogP contribution is -2.17. The Bertz CT molecular complexity index is 1470. The Morgan fingerprint density at radius 2 is 0.973 bits per heavy atom. The van der Waals surface area contributed by atoms with E-state index in [0.717, 1.165) is 5.56 Å². The lowest BCUT2D eigenvalue weighted by Gasteiger charge is -2.25. The van der Waals surface area contributed by atoms with Gasteiger partial charge in [0.25, 0.3) is 0 Å². The molecule has 5 nitrogen and oxygen atoms in total. The minimum atomic E-state index is -0.500. The van der Waals surface area contributed by atoms with Crippen molar-refractivity contribution >= 4 is 22.9 Å².